The van der Waals surface area contributed by atoms with Crippen LogP contribution < -0.4 is 10.1 Å². The van der Waals surface area contributed by atoms with Crippen molar-refractivity contribution in [1.29, 1.82) is 0 Å². The molecule has 0 atom stereocenters. The number of para-hydroxylation sites is 1. The molecule has 2 aromatic rings. The van der Waals surface area contributed by atoms with Gasteiger partial charge < -0.3 is 10.1 Å². The minimum atomic E-state index is -4.33. The molecular weight excluding hydrogens is 279 g/mol. The highest BCUT2D eigenvalue weighted by Gasteiger charge is 2.30. The van der Waals surface area contributed by atoms with E-state index in [4.69, 9.17) is 4.74 Å². The van der Waals surface area contributed by atoms with E-state index in [9.17, 15) is 13.2 Å². The van der Waals surface area contributed by atoms with Gasteiger partial charge in [0.1, 0.15) is 5.75 Å². The highest BCUT2D eigenvalue weighted by Crippen LogP contribution is 2.36. The molecule has 0 spiro atoms. The first-order valence-corrected chi connectivity index (χ1v) is 6.75. The number of ether oxygens (including phenoxy) is 1. The Morgan fingerprint density at radius 2 is 1.76 bits per heavy atom. The number of halogens is 3. The predicted molar refractivity (Wildman–Crippen MR) is 74.8 cm³/mol. The summed E-state index contributed by atoms with van der Waals surface area (Å²) in [4.78, 5) is 0. The highest BCUT2D eigenvalue weighted by molar-refractivity contribution is 5.64. The van der Waals surface area contributed by atoms with Gasteiger partial charge in [-0.15, -0.1) is 0 Å². The second-order valence-electron chi connectivity index (χ2n) is 4.94. The standard InChI is InChI=1S/C16H14F3NO/c17-16(18,19)12-6-8-13(9-7-12)21-14-5-1-3-11-4-2-10-20-15(11)14/h1,3,5-9,20H,2,4,10H2. The van der Waals surface area contributed by atoms with Gasteiger partial charge in [0.15, 0.2) is 5.75 Å². The van der Waals surface area contributed by atoms with Gasteiger partial charge in [-0.25, -0.2) is 0 Å². The topological polar surface area (TPSA) is 21.3 Å². The first-order valence-electron chi connectivity index (χ1n) is 6.75. The van der Waals surface area contributed by atoms with Crippen molar-refractivity contribution in [3.8, 4) is 11.5 Å². The van der Waals surface area contributed by atoms with Gasteiger partial charge in [-0.05, 0) is 48.7 Å². The van der Waals surface area contributed by atoms with Crippen LogP contribution in [0.4, 0.5) is 18.9 Å². The molecule has 0 radical (unpaired) electrons. The first-order chi connectivity index (χ1) is 10.0. The van der Waals surface area contributed by atoms with E-state index < -0.39 is 11.7 Å². The largest absolute Gasteiger partial charge is 0.455 e. The molecule has 3 rings (SSSR count). The SMILES string of the molecule is FC(F)(F)c1ccc(Oc2cccc3c2NCCC3)cc1. The van der Waals surface area contributed by atoms with Crippen molar-refractivity contribution in [3.05, 3.63) is 53.6 Å². The second-order valence-corrected chi connectivity index (χ2v) is 4.94. The van der Waals surface area contributed by atoms with Gasteiger partial charge in [0.2, 0.25) is 0 Å². The van der Waals surface area contributed by atoms with Crippen molar-refractivity contribution in [2.45, 2.75) is 19.0 Å². The molecule has 0 fully saturated rings. The van der Waals surface area contributed by atoms with E-state index in [0.717, 1.165) is 37.2 Å². The summed E-state index contributed by atoms with van der Waals surface area (Å²) >= 11 is 0. The number of alkyl halides is 3. The van der Waals surface area contributed by atoms with Crippen molar-refractivity contribution in [2.75, 3.05) is 11.9 Å². The summed E-state index contributed by atoms with van der Waals surface area (Å²) in [7, 11) is 0. The Bertz CT molecular complexity index is 635. The summed E-state index contributed by atoms with van der Waals surface area (Å²) in [6.45, 7) is 0.875. The van der Waals surface area contributed by atoms with E-state index in [-0.39, 0.29) is 0 Å². The molecule has 1 heterocycles. The Morgan fingerprint density at radius 1 is 1.00 bits per heavy atom. The van der Waals surface area contributed by atoms with Crippen molar-refractivity contribution < 1.29 is 17.9 Å². The number of hydrogen-bond acceptors (Lipinski definition) is 2. The van der Waals surface area contributed by atoms with Crippen molar-refractivity contribution in [3.63, 3.8) is 0 Å². The second kappa shape index (κ2) is 5.31. The van der Waals surface area contributed by atoms with Crippen LogP contribution in [0.5, 0.6) is 11.5 Å². The number of anilines is 1. The lowest BCUT2D eigenvalue weighted by Gasteiger charge is -2.21. The van der Waals surface area contributed by atoms with E-state index in [1.54, 1.807) is 0 Å². The van der Waals surface area contributed by atoms with Crippen molar-refractivity contribution >= 4 is 5.69 Å². The predicted octanol–water partition coefficient (Wildman–Crippen LogP) is 4.86. The normalized spacial score (nSPS) is 14.2. The van der Waals surface area contributed by atoms with Crippen LogP contribution in [-0.4, -0.2) is 6.54 Å². The maximum Gasteiger partial charge on any atom is 0.416 e. The lowest BCUT2D eigenvalue weighted by atomic mass is 10.0. The average Bonchev–Trinajstić information content (AvgIpc) is 2.47. The van der Waals surface area contributed by atoms with Gasteiger partial charge in [-0.2, -0.15) is 13.2 Å². The number of aryl methyl sites for hydroxylation is 1. The summed E-state index contributed by atoms with van der Waals surface area (Å²) in [6.07, 6.45) is -2.28. The van der Waals surface area contributed by atoms with Gasteiger partial charge in [-0.3, -0.25) is 0 Å². The molecule has 1 aliphatic rings. The lowest BCUT2D eigenvalue weighted by Crippen LogP contribution is -2.12. The molecule has 0 bridgehead atoms. The molecule has 1 N–H and O–H groups in total. The number of fused-ring (bicyclic) bond motifs is 1. The van der Waals surface area contributed by atoms with E-state index in [2.05, 4.69) is 5.32 Å². The van der Waals surface area contributed by atoms with Crippen LogP contribution in [0, 0.1) is 0 Å². The van der Waals surface area contributed by atoms with Crippen LogP contribution in [-0.2, 0) is 12.6 Å². The quantitative estimate of drug-likeness (QED) is 0.854. The van der Waals surface area contributed by atoms with Crippen LogP contribution in [0.1, 0.15) is 17.5 Å². The fourth-order valence-electron chi connectivity index (χ4n) is 2.40. The smallest absolute Gasteiger partial charge is 0.416 e. The van der Waals surface area contributed by atoms with Crippen LogP contribution in [0.2, 0.25) is 0 Å². The number of hydrogen-bond donors (Lipinski definition) is 1. The van der Waals surface area contributed by atoms with Crippen LogP contribution in [0.25, 0.3) is 0 Å². The summed E-state index contributed by atoms with van der Waals surface area (Å²) in [5.41, 5.74) is 1.43. The molecule has 2 nitrogen and oxygen atoms in total. The van der Waals surface area contributed by atoms with Crippen LogP contribution in [0.3, 0.4) is 0 Å². The third-order valence-corrected chi connectivity index (χ3v) is 3.45. The van der Waals surface area contributed by atoms with Crippen LogP contribution in [0.15, 0.2) is 42.5 Å². The van der Waals surface area contributed by atoms with E-state index in [1.807, 2.05) is 18.2 Å². The zero-order valence-electron chi connectivity index (χ0n) is 11.2. The molecule has 0 saturated heterocycles. The minimum Gasteiger partial charge on any atom is -0.455 e. The monoisotopic (exact) mass is 293 g/mol. The zero-order valence-corrected chi connectivity index (χ0v) is 11.2. The van der Waals surface area contributed by atoms with Crippen molar-refractivity contribution in [1.82, 2.24) is 0 Å². The Hall–Kier alpha value is -2.17. The zero-order chi connectivity index (χ0) is 14.9. The Balaban J connectivity index is 1.84. The Morgan fingerprint density at radius 3 is 2.48 bits per heavy atom. The third kappa shape index (κ3) is 2.96. The molecule has 0 saturated carbocycles. The van der Waals surface area contributed by atoms with Gasteiger partial charge in [-0.1, -0.05) is 12.1 Å². The summed E-state index contributed by atoms with van der Waals surface area (Å²) < 4.78 is 43.3. The molecule has 0 aliphatic carbocycles. The molecule has 0 amide bonds. The van der Waals surface area contributed by atoms with Crippen LogP contribution >= 0.6 is 0 Å². The number of nitrogens with one attached hydrogen (secondary N) is 1. The van der Waals surface area contributed by atoms with E-state index >= 15 is 0 Å². The molecule has 5 heteroatoms. The summed E-state index contributed by atoms with van der Waals surface area (Å²) in [6, 6.07) is 10.5. The molecule has 110 valence electrons. The maximum atomic E-state index is 12.5. The molecular formula is C16H14F3NO. The first kappa shape index (κ1) is 13.8. The maximum absolute atomic E-state index is 12.5. The fourth-order valence-corrected chi connectivity index (χ4v) is 2.40. The molecule has 21 heavy (non-hydrogen) atoms. The summed E-state index contributed by atoms with van der Waals surface area (Å²) in [5.74, 6) is 1.04. The fraction of sp³-hybridized carbons (Fsp3) is 0.250. The average molecular weight is 293 g/mol. The molecule has 0 unspecified atom stereocenters. The molecule has 2 aromatic carbocycles. The summed E-state index contributed by atoms with van der Waals surface area (Å²) in [5, 5.41) is 3.28. The minimum absolute atomic E-state index is 0.392. The van der Waals surface area contributed by atoms with Gasteiger partial charge >= 0.3 is 6.18 Å². The van der Waals surface area contributed by atoms with Crippen molar-refractivity contribution in [2.24, 2.45) is 0 Å². The third-order valence-electron chi connectivity index (χ3n) is 3.45. The lowest BCUT2D eigenvalue weighted by molar-refractivity contribution is -0.137. The van der Waals surface area contributed by atoms with Gasteiger partial charge in [0.25, 0.3) is 0 Å². The Kier molecular flexibility index (Phi) is 3.49. The Labute approximate surface area is 120 Å². The van der Waals surface area contributed by atoms with E-state index in [1.165, 1.54) is 17.7 Å². The van der Waals surface area contributed by atoms with Gasteiger partial charge in [0.05, 0.1) is 11.3 Å². The highest BCUT2D eigenvalue weighted by atomic mass is 19.4. The van der Waals surface area contributed by atoms with Gasteiger partial charge in [0, 0.05) is 6.54 Å². The molecule has 0 aromatic heterocycles. The number of rotatable bonds is 2. The van der Waals surface area contributed by atoms with E-state index in [0.29, 0.717) is 11.5 Å². The number of benzene rings is 2. The molecule has 1 aliphatic heterocycles.